The van der Waals surface area contributed by atoms with Crippen LogP contribution < -0.4 is 11.1 Å². The Balaban J connectivity index is 0.00000484. The predicted molar refractivity (Wildman–Crippen MR) is 111 cm³/mol. The van der Waals surface area contributed by atoms with E-state index in [0.29, 0.717) is 24.3 Å². The van der Waals surface area contributed by atoms with Gasteiger partial charge in [-0.2, -0.15) is 0 Å². The molecule has 2 atom stereocenters. The molecule has 5 heteroatoms. The van der Waals surface area contributed by atoms with Crippen LogP contribution in [0.5, 0.6) is 0 Å². The van der Waals surface area contributed by atoms with Gasteiger partial charge >= 0.3 is 0 Å². The highest BCUT2D eigenvalue weighted by atomic mass is 127. The molecule has 0 aliphatic heterocycles. The molecule has 1 aromatic rings. The minimum atomic E-state index is 0. The standard InChI is InChI=1S/C18H31N3O.HI/c1-4-6-15(11-12-22)13-20-18(19)21-17-9-7-16(8-10-17)14(3)5-2;/h7-10,14-15,22H,4-6,11-13H2,1-3H3,(H3,19,20,21);1H. The fourth-order valence-corrected chi connectivity index (χ4v) is 2.46. The molecule has 0 bridgehead atoms. The summed E-state index contributed by atoms with van der Waals surface area (Å²) in [5, 5.41) is 12.2. The Morgan fingerprint density at radius 2 is 1.87 bits per heavy atom. The smallest absolute Gasteiger partial charge is 0.193 e. The Labute approximate surface area is 158 Å². The Morgan fingerprint density at radius 1 is 1.22 bits per heavy atom. The zero-order valence-corrected chi connectivity index (χ0v) is 16.9. The zero-order chi connectivity index (χ0) is 16.4. The first-order valence-electron chi connectivity index (χ1n) is 8.38. The second kappa shape index (κ2) is 12.6. The van der Waals surface area contributed by atoms with Crippen molar-refractivity contribution in [1.29, 1.82) is 0 Å². The maximum absolute atomic E-state index is 9.06. The van der Waals surface area contributed by atoms with E-state index in [-0.39, 0.29) is 30.6 Å². The fraction of sp³-hybridized carbons (Fsp3) is 0.611. The van der Waals surface area contributed by atoms with E-state index in [1.807, 2.05) is 12.1 Å². The lowest BCUT2D eigenvalue weighted by molar-refractivity contribution is 0.253. The maximum Gasteiger partial charge on any atom is 0.193 e. The SMILES string of the molecule is CCCC(CCO)CN=C(N)Nc1ccc(C(C)CC)cc1.I. The molecule has 0 saturated heterocycles. The summed E-state index contributed by atoms with van der Waals surface area (Å²) in [6.07, 6.45) is 4.10. The Kier molecular flexibility index (Phi) is 12.1. The number of rotatable bonds is 9. The van der Waals surface area contributed by atoms with E-state index in [2.05, 4.69) is 43.2 Å². The number of guanidine groups is 1. The summed E-state index contributed by atoms with van der Waals surface area (Å²) < 4.78 is 0. The number of halogens is 1. The number of hydrogen-bond donors (Lipinski definition) is 3. The molecule has 4 N–H and O–H groups in total. The van der Waals surface area contributed by atoms with Gasteiger partial charge in [0.1, 0.15) is 0 Å². The first kappa shape index (κ1) is 22.2. The van der Waals surface area contributed by atoms with E-state index in [1.54, 1.807) is 0 Å². The van der Waals surface area contributed by atoms with Crippen LogP contribution in [0.15, 0.2) is 29.3 Å². The van der Waals surface area contributed by atoms with E-state index in [4.69, 9.17) is 10.8 Å². The summed E-state index contributed by atoms with van der Waals surface area (Å²) in [5.74, 6) is 1.42. The van der Waals surface area contributed by atoms with Gasteiger partial charge in [-0.05, 0) is 48.8 Å². The molecule has 0 spiro atoms. The third-order valence-electron chi connectivity index (χ3n) is 4.12. The van der Waals surface area contributed by atoms with E-state index < -0.39 is 0 Å². The predicted octanol–water partition coefficient (Wildman–Crippen LogP) is 4.34. The molecule has 0 radical (unpaired) electrons. The highest BCUT2D eigenvalue weighted by Gasteiger charge is 2.07. The molecular weight excluding hydrogens is 401 g/mol. The van der Waals surface area contributed by atoms with Crippen molar-refractivity contribution < 1.29 is 5.11 Å². The van der Waals surface area contributed by atoms with Gasteiger partial charge in [-0.25, -0.2) is 0 Å². The highest BCUT2D eigenvalue weighted by Crippen LogP contribution is 2.20. The molecular formula is C18H32IN3O. The topological polar surface area (TPSA) is 70.6 Å². The summed E-state index contributed by atoms with van der Waals surface area (Å²) in [4.78, 5) is 4.40. The van der Waals surface area contributed by atoms with Gasteiger partial charge in [0.15, 0.2) is 5.96 Å². The molecule has 1 rings (SSSR count). The number of aliphatic imine (C=N–C) groups is 1. The van der Waals surface area contributed by atoms with E-state index >= 15 is 0 Å². The molecule has 0 heterocycles. The van der Waals surface area contributed by atoms with Crippen LogP contribution in [0, 0.1) is 5.92 Å². The van der Waals surface area contributed by atoms with Crippen LogP contribution in [0.3, 0.4) is 0 Å². The van der Waals surface area contributed by atoms with Gasteiger partial charge in [-0.1, -0.05) is 39.3 Å². The molecule has 1 aromatic carbocycles. The summed E-state index contributed by atoms with van der Waals surface area (Å²) in [6, 6.07) is 8.35. The minimum absolute atomic E-state index is 0. The van der Waals surface area contributed by atoms with Gasteiger partial charge in [-0.15, -0.1) is 24.0 Å². The lowest BCUT2D eigenvalue weighted by atomic mass is 9.99. The summed E-state index contributed by atoms with van der Waals surface area (Å²) in [5.41, 5.74) is 8.25. The minimum Gasteiger partial charge on any atom is -0.396 e. The number of aliphatic hydroxyl groups is 1. The van der Waals surface area contributed by atoms with Crippen molar-refractivity contribution >= 4 is 35.6 Å². The second-order valence-electron chi connectivity index (χ2n) is 5.95. The fourth-order valence-electron chi connectivity index (χ4n) is 2.46. The molecule has 132 valence electrons. The third kappa shape index (κ3) is 8.55. The van der Waals surface area contributed by atoms with Crippen molar-refractivity contribution in [2.45, 2.75) is 52.4 Å². The zero-order valence-electron chi connectivity index (χ0n) is 14.6. The largest absolute Gasteiger partial charge is 0.396 e. The average Bonchev–Trinajstić information content (AvgIpc) is 2.53. The first-order valence-corrected chi connectivity index (χ1v) is 8.38. The number of nitrogens with one attached hydrogen (secondary N) is 1. The Hall–Kier alpha value is -0.820. The monoisotopic (exact) mass is 433 g/mol. The Morgan fingerprint density at radius 3 is 2.39 bits per heavy atom. The lowest BCUT2D eigenvalue weighted by Gasteiger charge is -2.13. The molecule has 4 nitrogen and oxygen atoms in total. The van der Waals surface area contributed by atoms with Crippen molar-refractivity contribution in [3.8, 4) is 0 Å². The number of nitrogens with two attached hydrogens (primary N) is 1. The number of aliphatic hydroxyl groups excluding tert-OH is 1. The molecule has 0 aliphatic carbocycles. The van der Waals surface area contributed by atoms with E-state index in [1.165, 1.54) is 5.56 Å². The van der Waals surface area contributed by atoms with Crippen LogP contribution >= 0.6 is 24.0 Å². The molecule has 2 unspecified atom stereocenters. The quantitative estimate of drug-likeness (QED) is 0.308. The van der Waals surface area contributed by atoms with Crippen molar-refractivity contribution in [2.24, 2.45) is 16.6 Å². The highest BCUT2D eigenvalue weighted by molar-refractivity contribution is 14.0. The van der Waals surface area contributed by atoms with Gasteiger partial charge in [0, 0.05) is 18.8 Å². The number of benzene rings is 1. The molecule has 23 heavy (non-hydrogen) atoms. The summed E-state index contributed by atoms with van der Waals surface area (Å²) in [6.45, 7) is 7.45. The molecule has 0 aromatic heterocycles. The molecule has 0 saturated carbocycles. The maximum atomic E-state index is 9.06. The first-order chi connectivity index (χ1) is 10.6. The molecule has 0 aliphatic rings. The van der Waals surface area contributed by atoms with Crippen LogP contribution in [0.25, 0.3) is 0 Å². The average molecular weight is 433 g/mol. The van der Waals surface area contributed by atoms with Crippen molar-refractivity contribution in [1.82, 2.24) is 0 Å². The summed E-state index contributed by atoms with van der Waals surface area (Å²) >= 11 is 0. The lowest BCUT2D eigenvalue weighted by Crippen LogP contribution is -2.24. The van der Waals surface area contributed by atoms with E-state index in [0.717, 1.165) is 31.4 Å². The third-order valence-corrected chi connectivity index (χ3v) is 4.12. The number of nitrogens with zero attached hydrogens (tertiary/aromatic N) is 1. The second-order valence-corrected chi connectivity index (χ2v) is 5.95. The van der Waals surface area contributed by atoms with Crippen molar-refractivity contribution in [2.75, 3.05) is 18.5 Å². The van der Waals surface area contributed by atoms with Crippen LogP contribution in [-0.4, -0.2) is 24.2 Å². The van der Waals surface area contributed by atoms with Gasteiger partial charge < -0.3 is 16.2 Å². The number of anilines is 1. The normalized spacial score (nSPS) is 14.0. The number of hydrogen-bond acceptors (Lipinski definition) is 2. The van der Waals surface area contributed by atoms with Crippen LogP contribution in [0.1, 0.15) is 57.9 Å². The molecule has 0 fully saturated rings. The summed E-state index contributed by atoms with van der Waals surface area (Å²) in [7, 11) is 0. The van der Waals surface area contributed by atoms with Crippen LogP contribution in [0.4, 0.5) is 5.69 Å². The van der Waals surface area contributed by atoms with Crippen LogP contribution in [-0.2, 0) is 0 Å². The van der Waals surface area contributed by atoms with Gasteiger partial charge in [-0.3, -0.25) is 4.99 Å². The van der Waals surface area contributed by atoms with Gasteiger partial charge in [0.25, 0.3) is 0 Å². The Bertz CT molecular complexity index is 442. The van der Waals surface area contributed by atoms with E-state index in [9.17, 15) is 0 Å². The van der Waals surface area contributed by atoms with Crippen molar-refractivity contribution in [3.05, 3.63) is 29.8 Å². The van der Waals surface area contributed by atoms with Crippen LogP contribution in [0.2, 0.25) is 0 Å². The van der Waals surface area contributed by atoms with Gasteiger partial charge in [0.05, 0.1) is 0 Å². The van der Waals surface area contributed by atoms with Gasteiger partial charge in [0.2, 0.25) is 0 Å². The molecule has 0 amide bonds. The van der Waals surface area contributed by atoms with Crippen molar-refractivity contribution in [3.63, 3.8) is 0 Å².